The van der Waals surface area contributed by atoms with Gasteiger partial charge in [0, 0.05) is 25.2 Å². The van der Waals surface area contributed by atoms with Gasteiger partial charge in [-0.25, -0.2) is 9.59 Å². The number of hydrogen-bond donors (Lipinski definition) is 2. The van der Waals surface area contributed by atoms with Crippen LogP contribution in [0.5, 0.6) is 5.88 Å². The second kappa shape index (κ2) is 12.2. The number of carboxylic acid groups (broad SMARTS) is 2. The largest absolute Gasteiger partial charge is 0.478 e. The number of ether oxygens (including phenoxy) is 1. The fourth-order valence-corrected chi connectivity index (χ4v) is 2.77. The number of carboxylic acids is 2. The zero-order valence-electron chi connectivity index (χ0n) is 15.9. The van der Waals surface area contributed by atoms with E-state index in [1.54, 1.807) is 0 Å². The molecule has 0 saturated carbocycles. The highest BCUT2D eigenvalue weighted by Crippen LogP contribution is 2.27. The summed E-state index contributed by atoms with van der Waals surface area (Å²) in [6, 6.07) is 0. The van der Waals surface area contributed by atoms with Crippen LogP contribution in [0.1, 0.15) is 38.8 Å². The predicted molar refractivity (Wildman–Crippen MR) is 104 cm³/mol. The van der Waals surface area contributed by atoms with Crippen molar-refractivity contribution in [2.75, 3.05) is 26.7 Å². The van der Waals surface area contributed by atoms with Crippen molar-refractivity contribution in [1.29, 1.82) is 0 Å². The van der Waals surface area contributed by atoms with E-state index in [0.717, 1.165) is 44.1 Å². The molecule has 0 amide bonds. The van der Waals surface area contributed by atoms with Crippen LogP contribution in [0.25, 0.3) is 5.57 Å². The molecule has 150 valence electrons. The molecule has 9 heteroatoms. The SMILES string of the molecule is CCC(C)CCOc1nsnc1C1=CCCN(C)C1.O=C(O)/C=C/C(=O)O. The smallest absolute Gasteiger partial charge is 0.328 e. The first-order chi connectivity index (χ1) is 12.8. The number of aromatic nitrogens is 2. The lowest BCUT2D eigenvalue weighted by molar-refractivity contribution is -0.134. The molecule has 1 aromatic rings. The fraction of sp³-hybridized carbons (Fsp3) is 0.556. The second-order valence-electron chi connectivity index (χ2n) is 6.33. The number of rotatable bonds is 8. The van der Waals surface area contributed by atoms with Crippen molar-refractivity contribution in [2.45, 2.75) is 33.1 Å². The van der Waals surface area contributed by atoms with Crippen molar-refractivity contribution >= 4 is 29.2 Å². The molecule has 1 atom stereocenters. The highest BCUT2D eigenvalue weighted by atomic mass is 32.1. The van der Waals surface area contributed by atoms with Gasteiger partial charge in [-0.1, -0.05) is 26.3 Å². The van der Waals surface area contributed by atoms with Crippen molar-refractivity contribution < 1.29 is 24.5 Å². The maximum Gasteiger partial charge on any atom is 0.328 e. The van der Waals surface area contributed by atoms with Gasteiger partial charge in [0.2, 0.25) is 0 Å². The average Bonchev–Trinajstić information content (AvgIpc) is 3.09. The van der Waals surface area contributed by atoms with Gasteiger partial charge in [-0.2, -0.15) is 4.37 Å². The number of carbonyl (C=O) groups is 2. The topological polar surface area (TPSA) is 113 Å². The summed E-state index contributed by atoms with van der Waals surface area (Å²) < 4.78 is 14.5. The molecule has 27 heavy (non-hydrogen) atoms. The van der Waals surface area contributed by atoms with Crippen molar-refractivity contribution in [3.05, 3.63) is 23.9 Å². The van der Waals surface area contributed by atoms with Gasteiger partial charge in [-0.15, -0.1) is 4.37 Å². The third kappa shape index (κ3) is 9.30. The Morgan fingerprint density at radius 3 is 2.56 bits per heavy atom. The van der Waals surface area contributed by atoms with Crippen LogP contribution in [-0.4, -0.2) is 62.5 Å². The lowest BCUT2D eigenvalue weighted by Crippen LogP contribution is -2.25. The quantitative estimate of drug-likeness (QED) is 0.644. The Morgan fingerprint density at radius 1 is 1.33 bits per heavy atom. The maximum atomic E-state index is 9.55. The third-order valence-electron chi connectivity index (χ3n) is 4.02. The standard InChI is InChI=1S/C14H23N3OS.C4H4O4/c1-4-11(2)7-9-18-14-13(15-19-16-14)12-6-5-8-17(3)10-12;5-3(6)1-2-4(7)8/h6,11H,4-5,7-10H2,1-3H3;1-2H,(H,5,6)(H,7,8)/b;2-1+. The molecule has 0 fully saturated rings. The Labute approximate surface area is 163 Å². The normalized spacial score (nSPS) is 15.6. The van der Waals surface area contributed by atoms with Crippen molar-refractivity contribution in [2.24, 2.45) is 5.92 Å². The summed E-state index contributed by atoms with van der Waals surface area (Å²) in [6.45, 7) is 7.25. The second-order valence-corrected chi connectivity index (χ2v) is 6.86. The molecule has 8 nitrogen and oxygen atoms in total. The number of aliphatic carboxylic acids is 2. The van der Waals surface area contributed by atoms with Gasteiger partial charge < -0.3 is 19.8 Å². The van der Waals surface area contributed by atoms with Crippen LogP contribution in [0.4, 0.5) is 0 Å². The predicted octanol–water partition coefficient (Wildman–Crippen LogP) is 2.78. The Kier molecular flexibility index (Phi) is 10.3. The monoisotopic (exact) mass is 397 g/mol. The molecule has 2 rings (SSSR count). The Morgan fingerprint density at radius 2 is 2.00 bits per heavy atom. The highest BCUT2D eigenvalue weighted by Gasteiger charge is 2.18. The van der Waals surface area contributed by atoms with Gasteiger partial charge in [0.05, 0.1) is 18.3 Å². The summed E-state index contributed by atoms with van der Waals surface area (Å²) in [5, 5.41) is 15.6. The first kappa shape index (κ1) is 22.8. The summed E-state index contributed by atoms with van der Waals surface area (Å²) in [7, 11) is 2.14. The molecule has 0 aromatic carbocycles. The minimum Gasteiger partial charge on any atom is -0.478 e. The van der Waals surface area contributed by atoms with Gasteiger partial charge in [-0.3, -0.25) is 0 Å². The van der Waals surface area contributed by atoms with E-state index in [1.165, 1.54) is 23.7 Å². The van der Waals surface area contributed by atoms with Gasteiger partial charge in [0.25, 0.3) is 5.88 Å². The Bertz CT molecular complexity index is 656. The van der Waals surface area contributed by atoms with E-state index in [4.69, 9.17) is 14.9 Å². The van der Waals surface area contributed by atoms with Crippen molar-refractivity contribution in [1.82, 2.24) is 13.6 Å². The molecule has 0 bridgehead atoms. The first-order valence-electron chi connectivity index (χ1n) is 8.80. The minimum absolute atomic E-state index is 0.558. The minimum atomic E-state index is -1.26. The van der Waals surface area contributed by atoms with E-state index < -0.39 is 11.9 Å². The van der Waals surface area contributed by atoms with Gasteiger partial charge in [0.1, 0.15) is 5.69 Å². The van der Waals surface area contributed by atoms with Crippen molar-refractivity contribution in [3.8, 4) is 5.88 Å². The van der Waals surface area contributed by atoms with E-state index in [1.807, 2.05) is 0 Å². The van der Waals surface area contributed by atoms with E-state index in [9.17, 15) is 9.59 Å². The van der Waals surface area contributed by atoms with Crippen LogP contribution in [0.15, 0.2) is 18.2 Å². The van der Waals surface area contributed by atoms with E-state index in [-0.39, 0.29) is 0 Å². The van der Waals surface area contributed by atoms with E-state index in [2.05, 4.69) is 40.6 Å². The van der Waals surface area contributed by atoms with Gasteiger partial charge >= 0.3 is 11.9 Å². The number of hydrogen-bond acceptors (Lipinski definition) is 7. The van der Waals surface area contributed by atoms with Crippen LogP contribution in [0.2, 0.25) is 0 Å². The molecule has 0 radical (unpaired) electrons. The van der Waals surface area contributed by atoms with Crippen LogP contribution < -0.4 is 4.74 Å². The van der Waals surface area contributed by atoms with Crippen LogP contribution in [0.3, 0.4) is 0 Å². The van der Waals surface area contributed by atoms with Crippen LogP contribution in [-0.2, 0) is 9.59 Å². The summed E-state index contributed by atoms with van der Waals surface area (Å²) in [6.07, 6.45) is 6.73. The van der Waals surface area contributed by atoms with Crippen LogP contribution >= 0.6 is 11.7 Å². The molecule has 1 aliphatic rings. The first-order valence-corrected chi connectivity index (χ1v) is 9.53. The molecule has 1 aliphatic heterocycles. The molecular weight excluding hydrogens is 370 g/mol. The summed E-state index contributed by atoms with van der Waals surface area (Å²) >= 11 is 1.24. The lowest BCUT2D eigenvalue weighted by atomic mass is 10.1. The fourth-order valence-electron chi connectivity index (χ4n) is 2.24. The molecule has 0 spiro atoms. The van der Waals surface area contributed by atoms with Gasteiger partial charge in [0.15, 0.2) is 0 Å². The molecule has 2 N–H and O–H groups in total. The molecule has 1 aromatic heterocycles. The Hall–Kier alpha value is -2.26. The highest BCUT2D eigenvalue weighted by molar-refractivity contribution is 6.99. The van der Waals surface area contributed by atoms with Crippen molar-refractivity contribution in [3.63, 3.8) is 0 Å². The molecule has 1 unspecified atom stereocenters. The van der Waals surface area contributed by atoms with Crippen LogP contribution in [0, 0.1) is 5.92 Å². The van der Waals surface area contributed by atoms with Gasteiger partial charge in [-0.05, 0) is 31.4 Å². The summed E-state index contributed by atoms with van der Waals surface area (Å²) in [5.41, 5.74) is 2.20. The average molecular weight is 397 g/mol. The Balaban J connectivity index is 0.000000387. The lowest BCUT2D eigenvalue weighted by Gasteiger charge is -2.22. The molecule has 2 heterocycles. The third-order valence-corrected chi connectivity index (χ3v) is 4.53. The maximum absolute atomic E-state index is 9.55. The molecule has 0 aliphatic carbocycles. The molecule has 0 saturated heterocycles. The van der Waals surface area contributed by atoms with E-state index in [0.29, 0.717) is 18.1 Å². The zero-order chi connectivity index (χ0) is 20.2. The van der Waals surface area contributed by atoms with E-state index >= 15 is 0 Å². The zero-order valence-corrected chi connectivity index (χ0v) is 16.7. The number of likely N-dealkylation sites (N-methyl/N-ethyl adjacent to an activating group) is 1. The number of nitrogens with zero attached hydrogens (tertiary/aromatic N) is 3. The summed E-state index contributed by atoms with van der Waals surface area (Å²) in [4.78, 5) is 21.4. The molecular formula is C18H27N3O5S. The summed E-state index contributed by atoms with van der Waals surface area (Å²) in [5.74, 6) is -1.09.